The number of amides is 2. The third kappa shape index (κ3) is 3.69. The Morgan fingerprint density at radius 2 is 2.22 bits per heavy atom. The van der Waals surface area contributed by atoms with Crippen molar-refractivity contribution in [3.05, 3.63) is 47.1 Å². The number of nitrogens with zero attached hydrogens (tertiary/aromatic N) is 4. The zero-order valence-corrected chi connectivity index (χ0v) is 17.5. The number of carbonyl (C=O) groups excluding carboxylic acids is 2. The van der Waals surface area contributed by atoms with E-state index in [1.165, 1.54) is 29.9 Å². The van der Waals surface area contributed by atoms with Crippen molar-refractivity contribution in [3.8, 4) is 23.1 Å². The average molecular weight is 452 g/mol. The lowest BCUT2D eigenvalue weighted by Gasteiger charge is -2.06. The van der Waals surface area contributed by atoms with Gasteiger partial charge in [0, 0.05) is 29.1 Å². The van der Waals surface area contributed by atoms with Crippen LogP contribution in [0.5, 0.6) is 5.75 Å². The molecule has 0 atom stereocenters. The molecule has 32 heavy (non-hydrogen) atoms. The molecule has 2 aliphatic rings. The molecule has 2 amide bonds. The number of benzene rings is 1. The van der Waals surface area contributed by atoms with Crippen LogP contribution >= 0.6 is 11.3 Å². The maximum atomic E-state index is 14.2. The van der Waals surface area contributed by atoms with Crippen molar-refractivity contribution < 1.29 is 18.7 Å². The summed E-state index contributed by atoms with van der Waals surface area (Å²) in [6, 6.07) is 5.37. The van der Waals surface area contributed by atoms with Crippen LogP contribution in [0.2, 0.25) is 0 Å². The van der Waals surface area contributed by atoms with Crippen molar-refractivity contribution >= 4 is 28.3 Å². The van der Waals surface area contributed by atoms with E-state index in [1.54, 1.807) is 16.0 Å². The Morgan fingerprint density at radius 3 is 3.00 bits per heavy atom. The van der Waals surface area contributed by atoms with Gasteiger partial charge in [0.1, 0.15) is 22.8 Å². The molecule has 0 unspecified atom stereocenters. The van der Waals surface area contributed by atoms with Gasteiger partial charge in [0.15, 0.2) is 5.13 Å². The highest BCUT2D eigenvalue weighted by molar-refractivity contribution is 7.14. The Balaban J connectivity index is 1.18. The summed E-state index contributed by atoms with van der Waals surface area (Å²) in [5, 5.41) is 16.4. The van der Waals surface area contributed by atoms with E-state index >= 15 is 0 Å². The first-order valence-corrected chi connectivity index (χ1v) is 10.8. The van der Waals surface area contributed by atoms with Crippen LogP contribution in [0.1, 0.15) is 28.9 Å². The number of carbonyl (C=O) groups is 2. The maximum Gasteiger partial charge on any atom is 0.271 e. The quantitative estimate of drug-likeness (QED) is 0.593. The van der Waals surface area contributed by atoms with E-state index in [-0.39, 0.29) is 18.1 Å². The van der Waals surface area contributed by atoms with E-state index in [2.05, 4.69) is 26.7 Å². The molecule has 3 aromatic rings. The van der Waals surface area contributed by atoms with Gasteiger partial charge in [-0.2, -0.15) is 5.26 Å². The van der Waals surface area contributed by atoms with Crippen LogP contribution < -0.4 is 15.4 Å². The lowest BCUT2D eigenvalue weighted by atomic mass is 10.1. The first-order valence-electron chi connectivity index (χ1n) is 9.92. The number of ether oxygens (including phenoxy) is 1. The molecular formula is C21H17FN6O3S. The first kappa shape index (κ1) is 20.1. The van der Waals surface area contributed by atoms with Gasteiger partial charge >= 0.3 is 0 Å². The molecule has 1 fully saturated rings. The topological polar surface area (TPSA) is 122 Å². The molecule has 9 nitrogen and oxygen atoms in total. The van der Waals surface area contributed by atoms with E-state index in [0.717, 1.165) is 12.8 Å². The summed E-state index contributed by atoms with van der Waals surface area (Å²) < 4.78 is 21.3. The highest BCUT2D eigenvalue weighted by Crippen LogP contribution is 2.42. The van der Waals surface area contributed by atoms with Gasteiger partial charge in [-0.25, -0.2) is 14.4 Å². The van der Waals surface area contributed by atoms with Crippen LogP contribution in [0.4, 0.5) is 9.52 Å². The minimum Gasteiger partial charge on any atom is -0.493 e. The molecule has 5 rings (SSSR count). The summed E-state index contributed by atoms with van der Waals surface area (Å²) in [5.41, 5.74) is 1.19. The van der Waals surface area contributed by atoms with E-state index in [9.17, 15) is 19.2 Å². The zero-order valence-electron chi connectivity index (χ0n) is 16.7. The molecule has 0 bridgehead atoms. The maximum absolute atomic E-state index is 14.2. The van der Waals surface area contributed by atoms with Crippen LogP contribution in [0.3, 0.4) is 0 Å². The number of aromatic nitrogens is 3. The number of nitrogens with one attached hydrogen (secondary N) is 2. The van der Waals surface area contributed by atoms with Crippen molar-refractivity contribution in [1.29, 1.82) is 5.26 Å². The monoisotopic (exact) mass is 452 g/mol. The fraction of sp³-hybridized carbons (Fsp3) is 0.286. The lowest BCUT2D eigenvalue weighted by Crippen LogP contribution is -2.33. The minimum absolute atomic E-state index is 0.136. The van der Waals surface area contributed by atoms with E-state index in [0.29, 0.717) is 40.7 Å². The molecule has 1 saturated carbocycles. The van der Waals surface area contributed by atoms with Gasteiger partial charge in [-0.15, -0.1) is 11.3 Å². The molecule has 1 aliphatic carbocycles. The smallest absolute Gasteiger partial charge is 0.271 e. The second kappa shape index (κ2) is 7.72. The highest BCUT2D eigenvalue weighted by Gasteiger charge is 2.45. The van der Waals surface area contributed by atoms with Crippen molar-refractivity contribution in [2.24, 2.45) is 0 Å². The summed E-state index contributed by atoms with van der Waals surface area (Å²) in [6.07, 6.45) is 4.96. The van der Waals surface area contributed by atoms with Crippen molar-refractivity contribution in [1.82, 2.24) is 19.9 Å². The van der Waals surface area contributed by atoms with Gasteiger partial charge in [0.2, 0.25) is 5.91 Å². The third-order valence-corrected chi connectivity index (χ3v) is 6.22. The predicted molar refractivity (Wildman–Crippen MR) is 113 cm³/mol. The highest BCUT2D eigenvalue weighted by atomic mass is 32.1. The molecule has 0 spiro atoms. The summed E-state index contributed by atoms with van der Waals surface area (Å²) in [4.78, 5) is 32.8. The Kier molecular flexibility index (Phi) is 4.86. The molecule has 2 aromatic heterocycles. The van der Waals surface area contributed by atoms with Crippen molar-refractivity contribution in [2.45, 2.75) is 24.8 Å². The number of thiazole rings is 1. The predicted octanol–water partition coefficient (Wildman–Crippen LogP) is 2.46. The SMILES string of the molecule is N#CC1(n2cnc(C(=O)NCC(=O)Nc3nc(-c4cc(F)c5c(c4)OCC5)cs3)c2)CC1. The fourth-order valence-corrected chi connectivity index (χ4v) is 4.23. The fourth-order valence-electron chi connectivity index (χ4n) is 3.49. The van der Waals surface area contributed by atoms with Crippen LogP contribution in [0.15, 0.2) is 30.0 Å². The van der Waals surface area contributed by atoms with Gasteiger partial charge in [-0.1, -0.05) is 0 Å². The molecule has 2 N–H and O–H groups in total. The van der Waals surface area contributed by atoms with Gasteiger partial charge in [-0.3, -0.25) is 9.59 Å². The lowest BCUT2D eigenvalue weighted by molar-refractivity contribution is -0.115. The van der Waals surface area contributed by atoms with Crippen LogP contribution in [0, 0.1) is 17.1 Å². The summed E-state index contributed by atoms with van der Waals surface area (Å²) in [7, 11) is 0. The largest absolute Gasteiger partial charge is 0.493 e. The number of fused-ring (bicyclic) bond motifs is 1. The number of hydrogen-bond acceptors (Lipinski definition) is 7. The Morgan fingerprint density at radius 1 is 1.38 bits per heavy atom. The number of imidazole rings is 1. The van der Waals surface area contributed by atoms with E-state index in [4.69, 9.17) is 4.74 Å². The van der Waals surface area contributed by atoms with Crippen LogP contribution in [0.25, 0.3) is 11.3 Å². The third-order valence-electron chi connectivity index (χ3n) is 5.46. The van der Waals surface area contributed by atoms with Gasteiger partial charge in [0.05, 0.1) is 31.2 Å². The van der Waals surface area contributed by atoms with E-state index < -0.39 is 17.4 Å². The average Bonchev–Trinajstić information content (AvgIpc) is 3.19. The second-order valence-corrected chi connectivity index (χ2v) is 8.47. The number of hydrogen-bond donors (Lipinski definition) is 2. The molecule has 1 aromatic carbocycles. The summed E-state index contributed by atoms with van der Waals surface area (Å²) in [6.45, 7) is 0.185. The number of halogens is 1. The van der Waals surface area contributed by atoms with Crippen molar-refractivity contribution in [2.75, 3.05) is 18.5 Å². The summed E-state index contributed by atoms with van der Waals surface area (Å²) >= 11 is 1.19. The van der Waals surface area contributed by atoms with Gasteiger partial charge < -0.3 is 19.9 Å². The first-order chi connectivity index (χ1) is 15.5. The number of anilines is 1. The Hall–Kier alpha value is -3.78. The number of rotatable bonds is 6. The molecule has 162 valence electrons. The van der Waals surface area contributed by atoms with E-state index in [1.807, 2.05) is 0 Å². The van der Waals surface area contributed by atoms with Gasteiger partial charge in [-0.05, 0) is 25.0 Å². The molecule has 1 aliphatic heterocycles. The molecule has 11 heteroatoms. The zero-order chi connectivity index (χ0) is 22.3. The number of nitriles is 1. The van der Waals surface area contributed by atoms with Gasteiger partial charge in [0.25, 0.3) is 5.91 Å². The van der Waals surface area contributed by atoms with Crippen molar-refractivity contribution in [3.63, 3.8) is 0 Å². The Bertz CT molecular complexity index is 1270. The molecule has 0 saturated heterocycles. The molecule has 3 heterocycles. The standard InChI is InChI=1S/C21H17FN6O3S/c22-14-5-12(6-17-13(14)1-4-31-17)16-9-32-20(26-16)27-18(29)7-24-19(30)15-8-28(11-25-15)21(10-23)2-3-21/h5-6,8-9,11H,1-4,7H2,(H,24,30)(H,26,27,29). The minimum atomic E-state index is -0.598. The Labute approximate surface area is 185 Å². The van der Waals surface area contributed by atoms with Crippen LogP contribution in [-0.2, 0) is 16.8 Å². The molecular weight excluding hydrogens is 435 g/mol. The van der Waals surface area contributed by atoms with Crippen LogP contribution in [-0.4, -0.2) is 39.5 Å². The summed E-state index contributed by atoms with van der Waals surface area (Å²) in [5.74, 6) is -0.786. The second-order valence-electron chi connectivity index (χ2n) is 7.61. The normalized spacial score (nSPS) is 15.4. The molecule has 0 radical (unpaired) electrons.